The molecular weight excluding hydrogens is 661 g/mol. The summed E-state index contributed by atoms with van der Waals surface area (Å²) in [6, 6.07) is 74.0. The Morgan fingerprint density at radius 2 is 0.782 bits per heavy atom. The zero-order valence-electron chi connectivity index (χ0n) is 31.1. The Morgan fingerprint density at radius 1 is 0.273 bits per heavy atom. The largest absolute Gasteiger partial charge is 0.0622 e. The second kappa shape index (κ2) is 13.6. The molecule has 0 amide bonds. The van der Waals surface area contributed by atoms with Crippen molar-refractivity contribution in [2.45, 2.75) is 19.8 Å². The SMILES string of the molecule is CC(C)c1cccc(-c2c3ccccc3c(-c3cc(-c4ccc(-c5cc6ccccc6c6ccccc56)cc4)ccc3-c3ccccc3)c3ccccc23)c1. The van der Waals surface area contributed by atoms with Crippen LogP contribution in [0, 0.1) is 0 Å². The molecule has 10 aromatic rings. The Morgan fingerprint density at radius 3 is 1.45 bits per heavy atom. The van der Waals surface area contributed by atoms with Crippen molar-refractivity contribution >= 4 is 43.1 Å². The number of fused-ring (bicyclic) bond motifs is 5. The van der Waals surface area contributed by atoms with Crippen molar-refractivity contribution in [3.8, 4) is 55.6 Å². The topological polar surface area (TPSA) is 0 Å². The van der Waals surface area contributed by atoms with E-state index in [1.807, 2.05) is 0 Å². The highest BCUT2D eigenvalue weighted by atomic mass is 14.2. The molecule has 0 saturated carbocycles. The first-order valence-corrected chi connectivity index (χ1v) is 19.4. The normalized spacial score (nSPS) is 11.6. The van der Waals surface area contributed by atoms with E-state index in [1.165, 1.54) is 104 Å². The molecule has 0 heterocycles. The van der Waals surface area contributed by atoms with Crippen molar-refractivity contribution in [3.63, 3.8) is 0 Å². The molecule has 0 heteroatoms. The number of hydrogen-bond acceptors (Lipinski definition) is 0. The van der Waals surface area contributed by atoms with Crippen LogP contribution >= 0.6 is 0 Å². The van der Waals surface area contributed by atoms with E-state index < -0.39 is 0 Å². The summed E-state index contributed by atoms with van der Waals surface area (Å²) in [5.41, 5.74) is 13.8. The van der Waals surface area contributed by atoms with Gasteiger partial charge < -0.3 is 0 Å². The summed E-state index contributed by atoms with van der Waals surface area (Å²) in [4.78, 5) is 0. The van der Waals surface area contributed by atoms with Crippen molar-refractivity contribution in [2.24, 2.45) is 0 Å². The maximum atomic E-state index is 2.43. The second-order valence-corrected chi connectivity index (χ2v) is 15.0. The van der Waals surface area contributed by atoms with E-state index in [2.05, 4.69) is 214 Å². The van der Waals surface area contributed by atoms with Crippen molar-refractivity contribution < 1.29 is 0 Å². The minimum absolute atomic E-state index is 0.453. The van der Waals surface area contributed by atoms with Gasteiger partial charge in [-0.3, -0.25) is 0 Å². The molecule has 0 fully saturated rings. The van der Waals surface area contributed by atoms with Crippen molar-refractivity contribution in [3.05, 3.63) is 206 Å². The standard InChI is InChI=1S/C55H40/c1-36(2)40-18-14-19-43(33-40)54-48-23-10-12-25-50(48)55(51-26-13-11-24-49(51)54)53-34-41(31-32-45(53)38-15-4-3-5-16-38)37-27-29-39(30-28-37)52-35-42-17-6-7-20-44(42)46-21-8-9-22-47(46)52/h3-36H,1-2H3. The molecule has 0 spiro atoms. The molecule has 0 radical (unpaired) electrons. The Labute approximate surface area is 323 Å². The van der Waals surface area contributed by atoms with E-state index in [1.54, 1.807) is 0 Å². The summed E-state index contributed by atoms with van der Waals surface area (Å²) in [6.45, 7) is 4.55. The van der Waals surface area contributed by atoms with Crippen LogP contribution in [-0.4, -0.2) is 0 Å². The van der Waals surface area contributed by atoms with Gasteiger partial charge in [0, 0.05) is 0 Å². The molecule has 0 N–H and O–H groups in total. The quantitative estimate of drug-likeness (QED) is 0.120. The molecule has 0 saturated heterocycles. The number of benzene rings is 10. The van der Waals surface area contributed by atoms with E-state index >= 15 is 0 Å². The molecule has 0 atom stereocenters. The van der Waals surface area contributed by atoms with Crippen molar-refractivity contribution in [1.29, 1.82) is 0 Å². The van der Waals surface area contributed by atoms with E-state index in [4.69, 9.17) is 0 Å². The van der Waals surface area contributed by atoms with Crippen LogP contribution < -0.4 is 0 Å². The van der Waals surface area contributed by atoms with Crippen LogP contribution in [0.15, 0.2) is 200 Å². The van der Waals surface area contributed by atoms with Crippen LogP contribution in [-0.2, 0) is 0 Å². The average Bonchev–Trinajstić information content (AvgIpc) is 3.25. The predicted molar refractivity (Wildman–Crippen MR) is 238 cm³/mol. The third kappa shape index (κ3) is 5.70. The Balaban J connectivity index is 1.18. The summed E-state index contributed by atoms with van der Waals surface area (Å²) in [5, 5.41) is 10.2. The molecule has 0 aliphatic rings. The van der Waals surface area contributed by atoms with Crippen LogP contribution in [0.2, 0.25) is 0 Å². The molecule has 10 rings (SSSR count). The van der Waals surface area contributed by atoms with Gasteiger partial charge in [-0.05, 0) is 122 Å². The molecule has 0 aromatic heterocycles. The lowest BCUT2D eigenvalue weighted by Crippen LogP contribution is -1.94. The summed E-state index contributed by atoms with van der Waals surface area (Å²) < 4.78 is 0. The fourth-order valence-corrected chi connectivity index (χ4v) is 8.72. The van der Waals surface area contributed by atoms with Crippen molar-refractivity contribution in [1.82, 2.24) is 0 Å². The fourth-order valence-electron chi connectivity index (χ4n) is 8.72. The van der Waals surface area contributed by atoms with Gasteiger partial charge in [-0.25, -0.2) is 0 Å². The van der Waals surface area contributed by atoms with Gasteiger partial charge in [-0.2, -0.15) is 0 Å². The summed E-state index contributed by atoms with van der Waals surface area (Å²) >= 11 is 0. The van der Waals surface area contributed by atoms with Crippen molar-refractivity contribution in [2.75, 3.05) is 0 Å². The first kappa shape index (κ1) is 32.9. The zero-order chi connectivity index (χ0) is 36.9. The van der Waals surface area contributed by atoms with Gasteiger partial charge >= 0.3 is 0 Å². The van der Waals surface area contributed by atoms with Gasteiger partial charge in [0.1, 0.15) is 0 Å². The third-order valence-corrected chi connectivity index (χ3v) is 11.4. The fraction of sp³-hybridized carbons (Fsp3) is 0.0545. The molecule has 260 valence electrons. The second-order valence-electron chi connectivity index (χ2n) is 15.0. The van der Waals surface area contributed by atoms with Gasteiger partial charge in [-0.15, -0.1) is 0 Å². The Bertz CT molecular complexity index is 2980. The van der Waals surface area contributed by atoms with Crippen LogP contribution in [0.4, 0.5) is 0 Å². The van der Waals surface area contributed by atoms with Crippen LogP contribution in [0.25, 0.3) is 98.7 Å². The highest BCUT2D eigenvalue weighted by Gasteiger charge is 2.20. The average molecular weight is 701 g/mol. The predicted octanol–water partition coefficient (Wildman–Crippen LogP) is 15.8. The molecule has 10 aromatic carbocycles. The van der Waals surface area contributed by atoms with Gasteiger partial charge in [0.05, 0.1) is 0 Å². The summed E-state index contributed by atoms with van der Waals surface area (Å²) in [5.74, 6) is 0.453. The number of hydrogen-bond donors (Lipinski definition) is 0. The molecule has 0 nitrogen and oxygen atoms in total. The first-order valence-electron chi connectivity index (χ1n) is 19.4. The monoisotopic (exact) mass is 700 g/mol. The molecule has 0 aliphatic heterocycles. The van der Waals surface area contributed by atoms with E-state index in [9.17, 15) is 0 Å². The minimum atomic E-state index is 0.453. The summed E-state index contributed by atoms with van der Waals surface area (Å²) in [6.07, 6.45) is 0. The highest BCUT2D eigenvalue weighted by Crippen LogP contribution is 2.47. The minimum Gasteiger partial charge on any atom is -0.0622 e. The lowest BCUT2D eigenvalue weighted by Gasteiger charge is -2.21. The lowest BCUT2D eigenvalue weighted by atomic mass is 9.82. The van der Waals surface area contributed by atoms with Gasteiger partial charge in [0.2, 0.25) is 0 Å². The molecule has 0 bridgehead atoms. The van der Waals surface area contributed by atoms with Gasteiger partial charge in [0.25, 0.3) is 0 Å². The highest BCUT2D eigenvalue weighted by molar-refractivity contribution is 6.22. The Kier molecular flexibility index (Phi) is 8.11. The first-order chi connectivity index (χ1) is 27.1. The van der Waals surface area contributed by atoms with Crippen LogP contribution in [0.3, 0.4) is 0 Å². The van der Waals surface area contributed by atoms with E-state index in [0.29, 0.717) is 5.92 Å². The maximum absolute atomic E-state index is 2.43. The summed E-state index contributed by atoms with van der Waals surface area (Å²) in [7, 11) is 0. The van der Waals surface area contributed by atoms with E-state index in [0.717, 1.165) is 0 Å². The maximum Gasteiger partial charge on any atom is -0.00199 e. The Hall–Kier alpha value is -6.76. The molecule has 0 aliphatic carbocycles. The third-order valence-electron chi connectivity index (χ3n) is 11.4. The number of rotatable bonds is 6. The van der Waals surface area contributed by atoms with E-state index in [-0.39, 0.29) is 0 Å². The van der Waals surface area contributed by atoms with Crippen LogP contribution in [0.1, 0.15) is 25.3 Å². The molecule has 0 unspecified atom stereocenters. The molecule has 55 heavy (non-hydrogen) atoms. The smallest absolute Gasteiger partial charge is 0.00199 e. The zero-order valence-corrected chi connectivity index (χ0v) is 31.1. The lowest BCUT2D eigenvalue weighted by molar-refractivity contribution is 0.867. The van der Waals surface area contributed by atoms with Crippen LogP contribution in [0.5, 0.6) is 0 Å². The molecular formula is C55H40. The van der Waals surface area contributed by atoms with Gasteiger partial charge in [-0.1, -0.05) is 202 Å². The van der Waals surface area contributed by atoms with Gasteiger partial charge in [0.15, 0.2) is 0 Å².